The van der Waals surface area contributed by atoms with Crippen LogP contribution in [0.15, 0.2) is 54.7 Å². The van der Waals surface area contributed by atoms with E-state index in [-0.39, 0.29) is 5.91 Å². The summed E-state index contributed by atoms with van der Waals surface area (Å²) >= 11 is 0. The Balaban J connectivity index is 1.89. The number of nitrogens with two attached hydrogens (primary N) is 1. The van der Waals surface area contributed by atoms with Crippen molar-refractivity contribution < 1.29 is 4.79 Å². The molecule has 1 aromatic heterocycles. The fraction of sp³-hybridized carbons (Fsp3) is 0. The van der Waals surface area contributed by atoms with E-state index < -0.39 is 0 Å². The predicted octanol–water partition coefficient (Wildman–Crippen LogP) is 3.00. The van der Waals surface area contributed by atoms with E-state index in [4.69, 9.17) is 5.73 Å². The van der Waals surface area contributed by atoms with Gasteiger partial charge >= 0.3 is 0 Å². The Morgan fingerprint density at radius 2 is 1.95 bits per heavy atom. The molecule has 0 bridgehead atoms. The average Bonchev–Trinajstić information content (AvgIpc) is 2.88. The first-order chi connectivity index (χ1) is 9.24. The van der Waals surface area contributed by atoms with Gasteiger partial charge in [-0.25, -0.2) is 0 Å². The molecule has 3 rings (SSSR count). The number of hydrogen-bond acceptors (Lipinski definition) is 2. The maximum absolute atomic E-state index is 12.2. The lowest BCUT2D eigenvalue weighted by molar-refractivity contribution is 0.102. The number of benzene rings is 2. The molecular weight excluding hydrogens is 238 g/mol. The highest BCUT2D eigenvalue weighted by molar-refractivity contribution is 6.07. The lowest BCUT2D eigenvalue weighted by atomic mass is 10.1. The van der Waals surface area contributed by atoms with Gasteiger partial charge in [-0.15, -0.1) is 0 Å². The summed E-state index contributed by atoms with van der Waals surface area (Å²) < 4.78 is 0. The van der Waals surface area contributed by atoms with Crippen LogP contribution in [0.1, 0.15) is 10.4 Å². The van der Waals surface area contributed by atoms with E-state index in [1.54, 1.807) is 18.2 Å². The number of anilines is 2. The minimum Gasteiger partial charge on any atom is -0.397 e. The second-order valence-corrected chi connectivity index (χ2v) is 4.32. The first-order valence-corrected chi connectivity index (χ1v) is 5.97. The molecule has 0 aliphatic heterocycles. The summed E-state index contributed by atoms with van der Waals surface area (Å²) in [7, 11) is 0. The molecule has 1 heterocycles. The number of amides is 1. The van der Waals surface area contributed by atoms with Crippen LogP contribution < -0.4 is 11.1 Å². The van der Waals surface area contributed by atoms with Gasteiger partial charge in [0.2, 0.25) is 0 Å². The molecule has 4 heteroatoms. The van der Waals surface area contributed by atoms with Crippen molar-refractivity contribution >= 4 is 28.2 Å². The Bertz CT molecular complexity index is 746. The fourth-order valence-electron chi connectivity index (χ4n) is 1.99. The van der Waals surface area contributed by atoms with E-state index >= 15 is 0 Å². The Kier molecular flexibility index (Phi) is 2.68. The molecule has 1 amide bonds. The quantitative estimate of drug-likeness (QED) is 0.613. The van der Waals surface area contributed by atoms with Crippen molar-refractivity contribution in [2.24, 2.45) is 0 Å². The third-order valence-electron chi connectivity index (χ3n) is 3.03. The minimum atomic E-state index is -0.172. The summed E-state index contributed by atoms with van der Waals surface area (Å²) in [6, 6.07) is 14.7. The Labute approximate surface area is 110 Å². The van der Waals surface area contributed by atoms with Crippen LogP contribution in [0, 0.1) is 0 Å². The Hall–Kier alpha value is -2.75. The molecule has 3 aromatic rings. The van der Waals surface area contributed by atoms with E-state index in [1.165, 1.54) is 0 Å². The lowest BCUT2D eigenvalue weighted by Gasteiger charge is -2.07. The molecule has 0 saturated carbocycles. The van der Waals surface area contributed by atoms with Crippen molar-refractivity contribution in [3.63, 3.8) is 0 Å². The van der Waals surface area contributed by atoms with Gasteiger partial charge in [-0.05, 0) is 35.7 Å². The maximum Gasteiger partial charge on any atom is 0.255 e. The fourth-order valence-corrected chi connectivity index (χ4v) is 1.99. The monoisotopic (exact) mass is 251 g/mol. The van der Waals surface area contributed by atoms with Gasteiger partial charge in [0.25, 0.3) is 5.91 Å². The maximum atomic E-state index is 12.2. The second kappa shape index (κ2) is 4.49. The topological polar surface area (TPSA) is 70.9 Å². The molecule has 0 aliphatic rings. The standard InChI is InChI=1S/C15H13N3O/c16-12-3-1-2-4-13(12)18-15(19)11-6-5-10-7-8-17-14(10)9-11/h1-9,17H,16H2,(H,18,19). The van der Waals surface area contributed by atoms with Crippen LogP contribution in [-0.4, -0.2) is 10.9 Å². The molecule has 4 N–H and O–H groups in total. The van der Waals surface area contributed by atoms with E-state index in [9.17, 15) is 4.79 Å². The van der Waals surface area contributed by atoms with Crippen LogP contribution in [0.25, 0.3) is 10.9 Å². The predicted molar refractivity (Wildman–Crippen MR) is 77.1 cm³/mol. The summed E-state index contributed by atoms with van der Waals surface area (Å²) in [5, 5.41) is 3.88. The van der Waals surface area contributed by atoms with Gasteiger partial charge in [0.1, 0.15) is 0 Å². The molecule has 0 aliphatic carbocycles. The van der Waals surface area contributed by atoms with Gasteiger partial charge < -0.3 is 16.0 Å². The molecule has 0 spiro atoms. The van der Waals surface area contributed by atoms with E-state index in [2.05, 4.69) is 10.3 Å². The smallest absolute Gasteiger partial charge is 0.255 e. The van der Waals surface area contributed by atoms with E-state index in [1.807, 2.05) is 36.5 Å². The number of rotatable bonds is 2. The van der Waals surface area contributed by atoms with Crippen LogP contribution in [0.4, 0.5) is 11.4 Å². The number of carbonyl (C=O) groups excluding carboxylic acids is 1. The number of carbonyl (C=O) groups is 1. The molecular formula is C15H13N3O. The largest absolute Gasteiger partial charge is 0.397 e. The Morgan fingerprint density at radius 1 is 1.11 bits per heavy atom. The molecule has 2 aromatic carbocycles. The molecule has 0 atom stereocenters. The number of aromatic amines is 1. The third-order valence-corrected chi connectivity index (χ3v) is 3.03. The summed E-state index contributed by atoms with van der Waals surface area (Å²) in [4.78, 5) is 15.2. The third kappa shape index (κ3) is 2.15. The van der Waals surface area contributed by atoms with Crippen molar-refractivity contribution in [2.75, 3.05) is 11.1 Å². The molecule has 19 heavy (non-hydrogen) atoms. The van der Waals surface area contributed by atoms with Crippen molar-refractivity contribution in [2.45, 2.75) is 0 Å². The number of para-hydroxylation sites is 2. The number of hydrogen-bond donors (Lipinski definition) is 3. The van der Waals surface area contributed by atoms with Crippen LogP contribution in [0.5, 0.6) is 0 Å². The van der Waals surface area contributed by atoms with Gasteiger partial charge in [-0.3, -0.25) is 4.79 Å². The first kappa shape index (κ1) is 11.3. The second-order valence-electron chi connectivity index (χ2n) is 4.32. The number of H-pyrrole nitrogens is 1. The number of nitrogen functional groups attached to an aromatic ring is 1. The van der Waals surface area contributed by atoms with Crippen molar-refractivity contribution in [3.05, 3.63) is 60.3 Å². The SMILES string of the molecule is Nc1ccccc1NC(=O)c1ccc2cc[nH]c2c1. The van der Waals surface area contributed by atoms with E-state index in [0.717, 1.165) is 10.9 Å². The highest BCUT2D eigenvalue weighted by Gasteiger charge is 2.08. The highest BCUT2D eigenvalue weighted by atomic mass is 16.1. The van der Waals surface area contributed by atoms with Crippen molar-refractivity contribution in [3.8, 4) is 0 Å². The summed E-state index contributed by atoms with van der Waals surface area (Å²) in [6.07, 6.45) is 1.85. The van der Waals surface area contributed by atoms with Gasteiger partial charge in [0, 0.05) is 17.3 Å². The molecule has 0 saturated heterocycles. The molecule has 0 fully saturated rings. The van der Waals surface area contributed by atoms with E-state index in [0.29, 0.717) is 16.9 Å². The minimum absolute atomic E-state index is 0.172. The zero-order chi connectivity index (χ0) is 13.2. The molecule has 0 radical (unpaired) electrons. The summed E-state index contributed by atoms with van der Waals surface area (Å²) in [5.74, 6) is -0.172. The normalized spacial score (nSPS) is 10.5. The summed E-state index contributed by atoms with van der Waals surface area (Å²) in [6.45, 7) is 0. The van der Waals surface area contributed by atoms with Crippen LogP contribution >= 0.6 is 0 Å². The zero-order valence-electron chi connectivity index (χ0n) is 10.2. The van der Waals surface area contributed by atoms with Gasteiger partial charge in [-0.2, -0.15) is 0 Å². The van der Waals surface area contributed by atoms with Gasteiger partial charge in [-0.1, -0.05) is 18.2 Å². The van der Waals surface area contributed by atoms with Crippen LogP contribution in [0.3, 0.4) is 0 Å². The lowest BCUT2D eigenvalue weighted by Crippen LogP contribution is -2.12. The van der Waals surface area contributed by atoms with Crippen molar-refractivity contribution in [1.29, 1.82) is 0 Å². The average molecular weight is 251 g/mol. The zero-order valence-corrected chi connectivity index (χ0v) is 10.2. The van der Waals surface area contributed by atoms with Crippen LogP contribution in [0.2, 0.25) is 0 Å². The van der Waals surface area contributed by atoms with Crippen molar-refractivity contribution in [1.82, 2.24) is 4.98 Å². The van der Waals surface area contributed by atoms with Gasteiger partial charge in [0.05, 0.1) is 11.4 Å². The number of aromatic nitrogens is 1. The molecule has 94 valence electrons. The van der Waals surface area contributed by atoms with Gasteiger partial charge in [0.15, 0.2) is 0 Å². The first-order valence-electron chi connectivity index (χ1n) is 5.97. The summed E-state index contributed by atoms with van der Waals surface area (Å²) in [5.41, 5.74) is 8.51. The highest BCUT2D eigenvalue weighted by Crippen LogP contribution is 2.19. The number of fused-ring (bicyclic) bond motifs is 1. The molecule has 0 unspecified atom stereocenters. The Morgan fingerprint density at radius 3 is 2.79 bits per heavy atom. The number of nitrogens with one attached hydrogen (secondary N) is 2. The molecule has 4 nitrogen and oxygen atoms in total. The van der Waals surface area contributed by atoms with Crippen LogP contribution in [-0.2, 0) is 0 Å².